The van der Waals surface area contributed by atoms with Crippen molar-refractivity contribution in [2.45, 2.75) is 13.8 Å². The highest BCUT2D eigenvalue weighted by Gasteiger charge is 2.03. The Kier molecular flexibility index (Phi) is 6.00. The topological polar surface area (TPSA) is 54.4 Å². The van der Waals surface area contributed by atoms with E-state index in [2.05, 4.69) is 15.5 Å². The Morgan fingerprint density at radius 1 is 1.13 bits per heavy atom. The molecule has 1 aromatic carbocycles. The molecule has 0 spiro atoms. The van der Waals surface area contributed by atoms with Gasteiger partial charge in [-0.3, -0.25) is 9.78 Å². The zero-order valence-electron chi connectivity index (χ0n) is 13.2. The van der Waals surface area contributed by atoms with Crippen LogP contribution in [0, 0.1) is 6.92 Å². The first-order valence-electron chi connectivity index (χ1n) is 7.32. The van der Waals surface area contributed by atoms with E-state index in [9.17, 15) is 4.79 Å². The van der Waals surface area contributed by atoms with Crippen molar-refractivity contribution in [1.29, 1.82) is 0 Å². The summed E-state index contributed by atoms with van der Waals surface area (Å²) in [6.07, 6.45) is 9.17. The fourth-order valence-electron chi connectivity index (χ4n) is 1.77. The number of rotatable bonds is 5. The van der Waals surface area contributed by atoms with Gasteiger partial charge in [-0.25, -0.2) is 5.43 Å². The fraction of sp³-hybridized carbons (Fsp3) is 0.105. The summed E-state index contributed by atoms with van der Waals surface area (Å²) in [5.41, 5.74) is 5.70. The zero-order chi connectivity index (χ0) is 16.5. The lowest BCUT2D eigenvalue weighted by Gasteiger charge is -2.00. The lowest BCUT2D eigenvalue weighted by molar-refractivity contribution is 0.0954. The Bertz CT molecular complexity index is 729. The molecule has 0 atom stereocenters. The van der Waals surface area contributed by atoms with E-state index in [0.29, 0.717) is 11.3 Å². The van der Waals surface area contributed by atoms with Crippen LogP contribution in [0.1, 0.15) is 28.5 Å². The second-order valence-corrected chi connectivity index (χ2v) is 5.01. The van der Waals surface area contributed by atoms with E-state index in [0.717, 1.165) is 11.3 Å². The summed E-state index contributed by atoms with van der Waals surface area (Å²) >= 11 is 0. The number of aromatic nitrogens is 1. The predicted molar refractivity (Wildman–Crippen MR) is 94.2 cm³/mol. The third-order valence-electron chi connectivity index (χ3n) is 3.04. The lowest BCUT2D eigenvalue weighted by Crippen LogP contribution is -2.18. The van der Waals surface area contributed by atoms with Crippen LogP contribution in [0.4, 0.5) is 0 Å². The molecule has 0 unspecified atom stereocenters. The van der Waals surface area contributed by atoms with Gasteiger partial charge in [-0.05, 0) is 37.6 Å². The quantitative estimate of drug-likeness (QED) is 0.519. The Balaban J connectivity index is 1.87. The summed E-state index contributed by atoms with van der Waals surface area (Å²) in [4.78, 5) is 16.0. The first kappa shape index (κ1) is 16.4. The molecule has 2 aromatic rings. The second-order valence-electron chi connectivity index (χ2n) is 5.01. The molecule has 0 aliphatic carbocycles. The monoisotopic (exact) mass is 305 g/mol. The van der Waals surface area contributed by atoms with Crippen molar-refractivity contribution in [2.24, 2.45) is 5.10 Å². The number of hydrogen-bond donors (Lipinski definition) is 1. The van der Waals surface area contributed by atoms with Crippen molar-refractivity contribution < 1.29 is 4.79 Å². The molecule has 0 saturated carbocycles. The number of amides is 1. The molecule has 1 aromatic heterocycles. The van der Waals surface area contributed by atoms with Crippen LogP contribution >= 0.6 is 0 Å². The zero-order valence-corrected chi connectivity index (χ0v) is 13.2. The minimum Gasteiger partial charge on any atom is -0.267 e. The number of pyridine rings is 1. The SMILES string of the molecule is CC(/C=C/C=C\c1ccccc1)=NNC(=O)c1ccc(C)nc1. The number of hydrazone groups is 1. The lowest BCUT2D eigenvalue weighted by atomic mass is 10.2. The van der Waals surface area contributed by atoms with Crippen LogP contribution in [0.15, 0.2) is 72.0 Å². The van der Waals surface area contributed by atoms with E-state index in [1.807, 2.05) is 68.5 Å². The minimum absolute atomic E-state index is 0.273. The average Bonchev–Trinajstić information content (AvgIpc) is 2.58. The van der Waals surface area contributed by atoms with Crippen LogP contribution in [0.3, 0.4) is 0 Å². The molecule has 1 amide bonds. The number of nitrogens with zero attached hydrogens (tertiary/aromatic N) is 2. The summed E-state index contributed by atoms with van der Waals surface area (Å²) in [6.45, 7) is 3.69. The Labute approximate surface area is 136 Å². The van der Waals surface area contributed by atoms with Crippen LogP contribution in [-0.4, -0.2) is 16.6 Å². The first-order chi connectivity index (χ1) is 11.1. The summed E-state index contributed by atoms with van der Waals surface area (Å²) < 4.78 is 0. The molecule has 2 rings (SSSR count). The molecule has 23 heavy (non-hydrogen) atoms. The van der Waals surface area contributed by atoms with Gasteiger partial charge in [0.2, 0.25) is 0 Å². The van der Waals surface area contributed by atoms with Crippen molar-refractivity contribution in [3.63, 3.8) is 0 Å². The second kappa shape index (κ2) is 8.44. The number of aryl methyl sites for hydroxylation is 1. The molecule has 4 heteroatoms. The van der Waals surface area contributed by atoms with Gasteiger partial charge < -0.3 is 0 Å². The number of benzene rings is 1. The van der Waals surface area contributed by atoms with E-state index in [1.54, 1.807) is 12.1 Å². The van der Waals surface area contributed by atoms with Crippen LogP contribution in [0.25, 0.3) is 6.08 Å². The van der Waals surface area contributed by atoms with Gasteiger partial charge in [0, 0.05) is 11.9 Å². The van der Waals surface area contributed by atoms with Crippen LogP contribution in [-0.2, 0) is 0 Å². The van der Waals surface area contributed by atoms with Gasteiger partial charge in [0.25, 0.3) is 5.91 Å². The van der Waals surface area contributed by atoms with E-state index in [-0.39, 0.29) is 5.91 Å². The maximum atomic E-state index is 11.9. The van der Waals surface area contributed by atoms with Gasteiger partial charge in [-0.1, -0.05) is 48.6 Å². The Morgan fingerprint density at radius 3 is 2.61 bits per heavy atom. The number of carbonyl (C=O) groups is 1. The van der Waals surface area contributed by atoms with Gasteiger partial charge in [0.15, 0.2) is 0 Å². The Hall–Kier alpha value is -3.01. The maximum absolute atomic E-state index is 11.9. The van der Waals surface area contributed by atoms with Crippen LogP contribution < -0.4 is 5.43 Å². The highest BCUT2D eigenvalue weighted by atomic mass is 16.2. The standard InChI is InChI=1S/C19H19N3O/c1-15-12-13-18(14-20-15)19(23)22-21-16(2)8-6-7-11-17-9-4-3-5-10-17/h3-14H,1-2H3,(H,22,23)/b8-6+,11-7-,21-16?. The van der Waals surface area contributed by atoms with E-state index >= 15 is 0 Å². The summed E-state index contributed by atoms with van der Waals surface area (Å²) in [6, 6.07) is 13.5. The molecule has 0 radical (unpaired) electrons. The van der Waals surface area contributed by atoms with Crippen molar-refractivity contribution >= 4 is 17.7 Å². The van der Waals surface area contributed by atoms with Crippen molar-refractivity contribution in [3.05, 3.63) is 83.7 Å². The van der Waals surface area contributed by atoms with Crippen molar-refractivity contribution in [3.8, 4) is 0 Å². The molecule has 0 fully saturated rings. The number of carbonyl (C=O) groups excluding carboxylic acids is 1. The van der Waals surface area contributed by atoms with Gasteiger partial charge >= 0.3 is 0 Å². The van der Waals surface area contributed by atoms with Crippen LogP contribution in [0.5, 0.6) is 0 Å². The summed E-state index contributed by atoms with van der Waals surface area (Å²) in [5, 5.41) is 4.04. The predicted octanol–water partition coefficient (Wildman–Crippen LogP) is 3.77. The Morgan fingerprint density at radius 2 is 1.91 bits per heavy atom. The molecule has 1 heterocycles. The number of hydrogen-bond acceptors (Lipinski definition) is 3. The fourth-order valence-corrected chi connectivity index (χ4v) is 1.77. The van der Waals surface area contributed by atoms with E-state index < -0.39 is 0 Å². The van der Waals surface area contributed by atoms with E-state index in [1.165, 1.54) is 6.20 Å². The molecule has 1 N–H and O–H groups in total. The van der Waals surface area contributed by atoms with Gasteiger partial charge in [0.05, 0.1) is 11.3 Å². The largest absolute Gasteiger partial charge is 0.272 e. The minimum atomic E-state index is -0.273. The smallest absolute Gasteiger partial charge is 0.267 e. The van der Waals surface area contributed by atoms with E-state index in [4.69, 9.17) is 0 Å². The third-order valence-corrected chi connectivity index (χ3v) is 3.04. The third kappa shape index (κ3) is 5.71. The van der Waals surface area contributed by atoms with Crippen molar-refractivity contribution in [2.75, 3.05) is 0 Å². The molecule has 0 aliphatic heterocycles. The number of nitrogens with one attached hydrogen (secondary N) is 1. The highest BCUT2D eigenvalue weighted by Crippen LogP contribution is 2.01. The molecule has 4 nitrogen and oxygen atoms in total. The van der Waals surface area contributed by atoms with Gasteiger partial charge in [-0.15, -0.1) is 0 Å². The highest BCUT2D eigenvalue weighted by molar-refractivity contribution is 5.97. The average molecular weight is 305 g/mol. The van der Waals surface area contributed by atoms with Crippen molar-refractivity contribution in [1.82, 2.24) is 10.4 Å². The first-order valence-corrected chi connectivity index (χ1v) is 7.32. The number of allylic oxidation sites excluding steroid dienone is 3. The molecule has 0 bridgehead atoms. The molecular formula is C19H19N3O. The molecular weight excluding hydrogens is 286 g/mol. The van der Waals surface area contributed by atoms with Crippen LogP contribution in [0.2, 0.25) is 0 Å². The molecule has 116 valence electrons. The summed E-state index contributed by atoms with van der Waals surface area (Å²) in [5.74, 6) is -0.273. The van der Waals surface area contributed by atoms with Gasteiger partial charge in [-0.2, -0.15) is 5.10 Å². The van der Waals surface area contributed by atoms with Gasteiger partial charge in [0.1, 0.15) is 0 Å². The maximum Gasteiger partial charge on any atom is 0.272 e. The molecule has 0 aliphatic rings. The normalized spacial score (nSPS) is 12.0. The summed E-state index contributed by atoms with van der Waals surface area (Å²) in [7, 11) is 0. The molecule has 0 saturated heterocycles.